The molecule has 2 fully saturated rings. The van der Waals surface area contributed by atoms with Gasteiger partial charge in [0.05, 0.1) is 12.0 Å². The summed E-state index contributed by atoms with van der Waals surface area (Å²) in [6, 6.07) is 9.31. The van der Waals surface area contributed by atoms with Crippen LogP contribution in [-0.2, 0) is 27.9 Å². The average molecular weight is 536 g/mol. The predicted molar refractivity (Wildman–Crippen MR) is 132 cm³/mol. The van der Waals surface area contributed by atoms with Gasteiger partial charge in [0.15, 0.2) is 23.2 Å². The van der Waals surface area contributed by atoms with Crippen LogP contribution in [0.1, 0.15) is 27.0 Å². The average Bonchev–Trinajstić information content (AvgIpc) is 3.37. The molecule has 0 aliphatic carbocycles. The Hall–Kier alpha value is -2.54. The Labute approximate surface area is 210 Å². The van der Waals surface area contributed by atoms with Crippen LogP contribution in [0.2, 0.25) is 0 Å². The summed E-state index contributed by atoms with van der Waals surface area (Å²) >= 11 is 0.743. The maximum Gasteiger partial charge on any atom is 0.392 e. The van der Waals surface area contributed by atoms with E-state index in [0.717, 1.165) is 16.9 Å². The minimum absolute atomic E-state index is 0.0832. The van der Waals surface area contributed by atoms with Gasteiger partial charge in [0, 0.05) is 16.9 Å². The van der Waals surface area contributed by atoms with Crippen LogP contribution in [0.25, 0.3) is 22.6 Å². The first-order valence-corrected chi connectivity index (χ1v) is 14.3. The number of carbonyl (C=O) groups excluding carboxylic acids is 1. The quantitative estimate of drug-likeness (QED) is 0.279. The monoisotopic (exact) mass is 535 g/mol. The smallest absolute Gasteiger partial charge is 0.392 e. The van der Waals surface area contributed by atoms with E-state index in [-0.39, 0.29) is 18.4 Å². The van der Waals surface area contributed by atoms with Crippen LogP contribution >= 0.6 is 18.2 Å². The molecule has 36 heavy (non-hydrogen) atoms. The van der Waals surface area contributed by atoms with Gasteiger partial charge in [0.1, 0.15) is 36.4 Å². The number of fused-ring (bicyclic) bond motifs is 2. The van der Waals surface area contributed by atoms with Gasteiger partial charge in [-0.25, -0.2) is 19.5 Å². The topological polar surface area (TPSA) is 161 Å². The second-order valence-electron chi connectivity index (χ2n) is 9.40. The molecule has 3 unspecified atom stereocenters. The fraction of sp³-hybridized carbons (Fsp3) is 0.455. The Bertz CT molecular complexity index is 1330. The Morgan fingerprint density at radius 1 is 1.31 bits per heavy atom. The Morgan fingerprint density at radius 3 is 2.78 bits per heavy atom. The molecule has 0 amide bonds. The van der Waals surface area contributed by atoms with E-state index in [9.17, 15) is 14.5 Å². The molecule has 14 heteroatoms. The fourth-order valence-electron chi connectivity index (χ4n) is 3.93. The van der Waals surface area contributed by atoms with Gasteiger partial charge in [0.2, 0.25) is 0 Å². The largest absolute Gasteiger partial charge is 0.454 e. The van der Waals surface area contributed by atoms with Crippen molar-refractivity contribution in [3.05, 3.63) is 36.7 Å². The number of ether oxygens (including phenoxy) is 2. The Morgan fingerprint density at radius 2 is 2.06 bits per heavy atom. The highest BCUT2D eigenvalue weighted by atomic mass is 32.7. The molecule has 0 saturated carbocycles. The summed E-state index contributed by atoms with van der Waals surface area (Å²) in [4.78, 5) is 25.0. The minimum atomic E-state index is -3.73. The van der Waals surface area contributed by atoms with Crippen molar-refractivity contribution in [1.29, 1.82) is 0 Å². The van der Waals surface area contributed by atoms with Crippen LogP contribution in [0.15, 0.2) is 36.7 Å². The maximum absolute atomic E-state index is 13.2. The number of benzene rings is 1. The number of nitrogen functional groups attached to an aromatic ring is 1. The lowest BCUT2D eigenvalue weighted by Gasteiger charge is -2.31. The van der Waals surface area contributed by atoms with Crippen molar-refractivity contribution in [2.75, 3.05) is 18.3 Å². The zero-order chi connectivity index (χ0) is 25.7. The van der Waals surface area contributed by atoms with E-state index in [2.05, 4.69) is 15.0 Å². The lowest BCUT2D eigenvalue weighted by molar-refractivity contribution is -0.150. The molecule has 4 heterocycles. The third-order valence-corrected chi connectivity index (χ3v) is 9.11. The van der Waals surface area contributed by atoms with Crippen molar-refractivity contribution in [2.24, 2.45) is 5.41 Å². The number of aromatic nitrogens is 4. The Balaban J connectivity index is 1.41. The summed E-state index contributed by atoms with van der Waals surface area (Å²) in [6.45, 7) is 1.34. The lowest BCUT2D eigenvalue weighted by atomic mass is 9.98. The van der Waals surface area contributed by atoms with E-state index in [0.29, 0.717) is 17.0 Å². The first-order chi connectivity index (χ1) is 17.1. The van der Waals surface area contributed by atoms with Gasteiger partial charge in [0.25, 0.3) is 0 Å². The van der Waals surface area contributed by atoms with Gasteiger partial charge in [-0.15, -0.1) is 0 Å². The standard InChI is InChI=1S/C22H26N5O7PS/c1-22(2,3)21(29)31-11-36-35(30)32-9-13-16(34-35)15(28)20(33-13)27-18(12-7-5-4-6-8-12)26-14-17(23)24-10-25-19(14)27/h4-8,10,13,15-16,20,28H,9,11H2,1-3H3,(H2,23,24,25)/t13?,15-,16?,20+,35?/m0/s1. The number of hydrogen-bond acceptors (Lipinski definition) is 12. The van der Waals surface area contributed by atoms with E-state index in [4.69, 9.17) is 24.3 Å². The number of nitrogens with zero attached hydrogens (tertiary/aromatic N) is 4. The number of nitrogens with two attached hydrogens (primary N) is 1. The van der Waals surface area contributed by atoms with Crippen molar-refractivity contribution >= 4 is 41.1 Å². The molecule has 0 radical (unpaired) electrons. The molecule has 0 spiro atoms. The van der Waals surface area contributed by atoms with Gasteiger partial charge in [-0.05, 0) is 20.8 Å². The molecule has 12 nitrogen and oxygen atoms in total. The van der Waals surface area contributed by atoms with Gasteiger partial charge in [-0.3, -0.25) is 18.4 Å². The van der Waals surface area contributed by atoms with Gasteiger partial charge in [-0.1, -0.05) is 30.3 Å². The van der Waals surface area contributed by atoms with Gasteiger partial charge in [-0.2, -0.15) is 0 Å². The summed E-state index contributed by atoms with van der Waals surface area (Å²) in [5, 5.41) is 11.3. The maximum atomic E-state index is 13.2. The van der Waals surface area contributed by atoms with Crippen molar-refractivity contribution in [3.8, 4) is 11.4 Å². The number of carbonyl (C=O) groups is 1. The van der Waals surface area contributed by atoms with Gasteiger partial charge >= 0.3 is 12.8 Å². The molecule has 5 atom stereocenters. The summed E-state index contributed by atoms with van der Waals surface area (Å²) < 4.78 is 37.3. The SMILES string of the molecule is CC(C)(C)C(=O)OCSP1(=O)OCC2O[C@@H](n3c(-c4ccccc4)nc4c(N)ncnc43)[C@@H](O)C2O1. The molecule has 3 N–H and O–H groups in total. The zero-order valence-electron chi connectivity index (χ0n) is 19.8. The molecule has 2 aromatic heterocycles. The van der Waals surface area contributed by atoms with Crippen molar-refractivity contribution in [1.82, 2.24) is 19.5 Å². The van der Waals surface area contributed by atoms with Gasteiger partial charge < -0.3 is 20.3 Å². The van der Waals surface area contributed by atoms with E-state index in [1.54, 1.807) is 25.3 Å². The lowest BCUT2D eigenvalue weighted by Crippen LogP contribution is -2.39. The summed E-state index contributed by atoms with van der Waals surface area (Å²) in [5.74, 6) is -0.00674. The number of aliphatic hydroxyl groups is 1. The third-order valence-electron chi connectivity index (χ3n) is 5.76. The zero-order valence-corrected chi connectivity index (χ0v) is 21.5. The first kappa shape index (κ1) is 25.1. The van der Waals surface area contributed by atoms with Crippen LogP contribution < -0.4 is 5.73 Å². The summed E-state index contributed by atoms with van der Waals surface area (Å²) in [7, 11) is 0. The highest BCUT2D eigenvalue weighted by Crippen LogP contribution is 2.65. The molecule has 0 bridgehead atoms. The van der Waals surface area contributed by atoms with Crippen molar-refractivity contribution in [3.63, 3.8) is 0 Å². The summed E-state index contributed by atoms with van der Waals surface area (Å²) in [6.07, 6.45) is -2.57. The number of imidazole rings is 1. The molecule has 2 aliphatic rings. The van der Waals surface area contributed by atoms with Crippen molar-refractivity contribution in [2.45, 2.75) is 45.3 Å². The number of esters is 1. The number of aliphatic hydroxyl groups excluding tert-OH is 1. The van der Waals surface area contributed by atoms with Crippen LogP contribution in [0.4, 0.5) is 5.82 Å². The van der Waals surface area contributed by atoms with Crippen LogP contribution in [-0.4, -0.2) is 61.5 Å². The highest BCUT2D eigenvalue weighted by molar-refractivity contribution is 8.55. The van der Waals surface area contributed by atoms with E-state index in [1.165, 1.54) is 6.33 Å². The van der Waals surface area contributed by atoms with Crippen LogP contribution in [0.5, 0.6) is 0 Å². The predicted octanol–water partition coefficient (Wildman–Crippen LogP) is 3.14. The summed E-state index contributed by atoms with van der Waals surface area (Å²) in [5.41, 5.74) is 6.83. The fourth-order valence-corrected chi connectivity index (χ4v) is 6.73. The number of hydrogen-bond donors (Lipinski definition) is 2. The first-order valence-electron chi connectivity index (χ1n) is 11.2. The number of rotatable bonds is 5. The van der Waals surface area contributed by atoms with E-state index in [1.807, 2.05) is 30.3 Å². The minimum Gasteiger partial charge on any atom is -0.454 e. The highest BCUT2D eigenvalue weighted by Gasteiger charge is 2.53. The molecule has 2 aliphatic heterocycles. The molecule has 2 saturated heterocycles. The van der Waals surface area contributed by atoms with Crippen LogP contribution in [0, 0.1) is 5.41 Å². The Kier molecular flexibility index (Phi) is 6.56. The normalized spacial score (nSPS) is 28.2. The second kappa shape index (κ2) is 9.40. The molecule has 192 valence electrons. The molecule has 1 aromatic carbocycles. The molecular formula is C22H26N5O7PS. The van der Waals surface area contributed by atoms with Crippen molar-refractivity contribution < 1.29 is 33.0 Å². The van der Waals surface area contributed by atoms with Crippen LogP contribution in [0.3, 0.4) is 0 Å². The number of anilines is 1. The van der Waals surface area contributed by atoms with E-state index < -0.39 is 42.7 Å². The second-order valence-corrected chi connectivity index (χ2v) is 13.4. The molecule has 5 rings (SSSR count). The molecular weight excluding hydrogens is 509 g/mol. The van der Waals surface area contributed by atoms with E-state index >= 15 is 0 Å². The molecule has 3 aromatic rings. The third kappa shape index (κ3) is 4.62.